The van der Waals surface area contributed by atoms with Crippen molar-refractivity contribution in [2.45, 2.75) is 70.0 Å². The molecule has 176 valence electrons. The van der Waals surface area contributed by atoms with E-state index in [4.69, 9.17) is 4.74 Å². The molecule has 2 atom stereocenters. The van der Waals surface area contributed by atoms with Crippen molar-refractivity contribution in [1.82, 2.24) is 14.8 Å². The van der Waals surface area contributed by atoms with Gasteiger partial charge in [0.2, 0.25) is 5.91 Å². The molecule has 0 aliphatic heterocycles. The molecule has 3 aromatic rings. The summed E-state index contributed by atoms with van der Waals surface area (Å²) in [6, 6.07) is 14.2. The minimum atomic E-state index is -0.501. The first-order chi connectivity index (χ1) is 15.7. The summed E-state index contributed by atoms with van der Waals surface area (Å²) in [4.78, 5) is 12.6. The molecule has 0 aliphatic carbocycles. The minimum absolute atomic E-state index is 0.0636. The largest absolute Gasteiger partial charge is 0.483 e. The standard InChI is InChI=1S/C25H31FN4O2S/c1-15(2)19-11-13-20(14-12-19)32-17(5)23-28-29-25(30(23)16(3)4)33-18(6)24(31)27-22-10-8-7-9-21(22)26/h7-18H,1-6H3,(H,27,31). The van der Waals surface area contributed by atoms with Crippen LogP contribution in [-0.2, 0) is 4.79 Å². The van der Waals surface area contributed by atoms with Crippen LogP contribution in [0.2, 0.25) is 0 Å². The molecule has 2 unspecified atom stereocenters. The van der Waals surface area contributed by atoms with Crippen molar-refractivity contribution in [1.29, 1.82) is 0 Å². The zero-order valence-corrected chi connectivity index (χ0v) is 20.7. The fourth-order valence-corrected chi connectivity index (χ4v) is 4.32. The SMILES string of the molecule is CC(Sc1nnc(C(C)Oc2ccc(C(C)C)cc2)n1C(C)C)C(=O)Nc1ccccc1F. The van der Waals surface area contributed by atoms with Crippen molar-refractivity contribution < 1.29 is 13.9 Å². The van der Waals surface area contributed by atoms with Gasteiger partial charge in [0.05, 0.1) is 10.9 Å². The Hall–Kier alpha value is -2.87. The number of thioether (sulfide) groups is 1. The molecule has 0 spiro atoms. The summed E-state index contributed by atoms with van der Waals surface area (Å²) in [5.74, 6) is 1.12. The van der Waals surface area contributed by atoms with Gasteiger partial charge in [-0.3, -0.25) is 4.79 Å². The third-order valence-corrected chi connectivity index (χ3v) is 6.27. The molecule has 1 N–H and O–H groups in total. The lowest BCUT2D eigenvalue weighted by molar-refractivity contribution is -0.115. The number of aromatic nitrogens is 3. The molecule has 33 heavy (non-hydrogen) atoms. The second-order valence-corrected chi connectivity index (χ2v) is 9.83. The highest BCUT2D eigenvalue weighted by molar-refractivity contribution is 8.00. The summed E-state index contributed by atoms with van der Waals surface area (Å²) in [5, 5.41) is 11.4. The maximum absolute atomic E-state index is 13.9. The maximum atomic E-state index is 13.9. The molecule has 1 amide bonds. The third-order valence-electron chi connectivity index (χ3n) is 5.21. The molecule has 6 nitrogen and oxygen atoms in total. The molecule has 0 fully saturated rings. The zero-order chi connectivity index (χ0) is 24.1. The van der Waals surface area contributed by atoms with E-state index in [0.29, 0.717) is 16.9 Å². The number of amides is 1. The van der Waals surface area contributed by atoms with Gasteiger partial charge in [-0.15, -0.1) is 10.2 Å². The van der Waals surface area contributed by atoms with E-state index < -0.39 is 11.1 Å². The third kappa shape index (κ3) is 6.13. The van der Waals surface area contributed by atoms with Crippen molar-refractivity contribution in [2.24, 2.45) is 0 Å². The molecular weight excluding hydrogens is 439 g/mol. The summed E-state index contributed by atoms with van der Waals surface area (Å²) in [5.41, 5.74) is 1.41. The molecule has 3 rings (SSSR count). The monoisotopic (exact) mass is 470 g/mol. The fourth-order valence-electron chi connectivity index (χ4n) is 3.33. The Morgan fingerprint density at radius 2 is 1.67 bits per heavy atom. The van der Waals surface area contributed by atoms with Gasteiger partial charge in [0.15, 0.2) is 17.1 Å². The van der Waals surface area contributed by atoms with Crippen LogP contribution in [0.1, 0.15) is 71.0 Å². The normalized spacial score (nSPS) is 13.2. The first-order valence-electron chi connectivity index (χ1n) is 11.1. The number of nitrogens with zero attached hydrogens (tertiary/aromatic N) is 3. The fraction of sp³-hybridized carbons (Fsp3) is 0.400. The number of ether oxygens (including phenoxy) is 1. The second-order valence-electron chi connectivity index (χ2n) is 8.52. The predicted octanol–water partition coefficient (Wildman–Crippen LogP) is 6.38. The number of carbonyl (C=O) groups is 1. The van der Waals surface area contributed by atoms with Crippen molar-refractivity contribution in [3.05, 3.63) is 65.7 Å². The maximum Gasteiger partial charge on any atom is 0.237 e. The average Bonchev–Trinajstić information content (AvgIpc) is 3.19. The van der Waals surface area contributed by atoms with Gasteiger partial charge in [0.25, 0.3) is 0 Å². The number of carbonyl (C=O) groups excluding carboxylic acids is 1. The van der Waals surface area contributed by atoms with Gasteiger partial charge in [-0.05, 0) is 63.4 Å². The lowest BCUT2D eigenvalue weighted by atomic mass is 10.0. The van der Waals surface area contributed by atoms with Crippen molar-refractivity contribution in [2.75, 3.05) is 5.32 Å². The number of nitrogens with one attached hydrogen (secondary N) is 1. The van der Waals surface area contributed by atoms with E-state index >= 15 is 0 Å². The molecule has 0 saturated heterocycles. The predicted molar refractivity (Wildman–Crippen MR) is 130 cm³/mol. The van der Waals surface area contributed by atoms with Crippen LogP contribution in [0.25, 0.3) is 0 Å². The molecule has 0 aliphatic rings. The van der Waals surface area contributed by atoms with E-state index in [2.05, 4.69) is 41.5 Å². The van der Waals surface area contributed by atoms with Crippen LogP contribution in [0.4, 0.5) is 10.1 Å². The lowest BCUT2D eigenvalue weighted by Gasteiger charge is -2.20. The van der Waals surface area contributed by atoms with Gasteiger partial charge in [-0.25, -0.2) is 4.39 Å². The van der Waals surface area contributed by atoms with Gasteiger partial charge in [-0.2, -0.15) is 0 Å². The molecule has 1 heterocycles. The van der Waals surface area contributed by atoms with Gasteiger partial charge in [-0.1, -0.05) is 49.9 Å². The molecule has 0 saturated carbocycles. The first kappa shape index (κ1) is 24.8. The Balaban J connectivity index is 1.73. The van der Waals surface area contributed by atoms with E-state index in [-0.39, 0.29) is 23.7 Å². The molecule has 8 heteroatoms. The van der Waals surface area contributed by atoms with E-state index in [9.17, 15) is 9.18 Å². The lowest BCUT2D eigenvalue weighted by Crippen LogP contribution is -2.24. The summed E-state index contributed by atoms with van der Waals surface area (Å²) in [6.45, 7) is 12.1. The van der Waals surface area contributed by atoms with Crippen LogP contribution in [0.5, 0.6) is 5.75 Å². The topological polar surface area (TPSA) is 69.0 Å². The van der Waals surface area contributed by atoms with Gasteiger partial charge >= 0.3 is 0 Å². The Morgan fingerprint density at radius 1 is 1.00 bits per heavy atom. The van der Waals surface area contributed by atoms with Gasteiger partial charge in [0.1, 0.15) is 11.6 Å². The van der Waals surface area contributed by atoms with Crippen LogP contribution < -0.4 is 10.1 Å². The molecule has 1 aromatic heterocycles. The zero-order valence-electron chi connectivity index (χ0n) is 19.9. The van der Waals surface area contributed by atoms with Crippen molar-refractivity contribution >= 4 is 23.4 Å². The van der Waals surface area contributed by atoms with E-state index in [1.807, 2.05) is 37.5 Å². The number of hydrogen-bond donors (Lipinski definition) is 1. The van der Waals surface area contributed by atoms with Crippen LogP contribution >= 0.6 is 11.8 Å². The second kappa shape index (κ2) is 10.8. The minimum Gasteiger partial charge on any atom is -0.483 e. The van der Waals surface area contributed by atoms with E-state index in [1.165, 1.54) is 29.5 Å². The summed E-state index contributed by atoms with van der Waals surface area (Å²) in [6.07, 6.45) is -0.332. The highest BCUT2D eigenvalue weighted by atomic mass is 32.2. The van der Waals surface area contributed by atoms with Crippen LogP contribution in [0.15, 0.2) is 53.7 Å². The first-order valence-corrected chi connectivity index (χ1v) is 12.0. The highest BCUT2D eigenvalue weighted by Gasteiger charge is 2.25. The Kier molecular flexibility index (Phi) is 8.13. The molecule has 2 aromatic carbocycles. The Labute approximate surface area is 199 Å². The van der Waals surface area contributed by atoms with Crippen LogP contribution in [0.3, 0.4) is 0 Å². The quantitative estimate of drug-likeness (QED) is 0.368. The number of hydrogen-bond acceptors (Lipinski definition) is 5. The van der Waals surface area contributed by atoms with Gasteiger partial charge in [0, 0.05) is 6.04 Å². The molecule has 0 radical (unpaired) electrons. The molecule has 0 bridgehead atoms. The number of anilines is 1. The highest BCUT2D eigenvalue weighted by Crippen LogP contribution is 2.30. The Morgan fingerprint density at radius 3 is 2.27 bits per heavy atom. The number of halogens is 1. The summed E-state index contributed by atoms with van der Waals surface area (Å²) < 4.78 is 22.0. The van der Waals surface area contributed by atoms with Crippen molar-refractivity contribution in [3.63, 3.8) is 0 Å². The summed E-state index contributed by atoms with van der Waals surface area (Å²) >= 11 is 1.28. The molecular formula is C25H31FN4O2S. The van der Waals surface area contributed by atoms with Crippen LogP contribution in [0, 0.1) is 5.82 Å². The average molecular weight is 471 g/mol. The van der Waals surface area contributed by atoms with Crippen molar-refractivity contribution in [3.8, 4) is 5.75 Å². The number of para-hydroxylation sites is 1. The van der Waals surface area contributed by atoms with E-state index in [0.717, 1.165) is 5.75 Å². The van der Waals surface area contributed by atoms with Crippen LogP contribution in [-0.4, -0.2) is 25.9 Å². The Bertz CT molecular complexity index is 1080. The smallest absolute Gasteiger partial charge is 0.237 e. The van der Waals surface area contributed by atoms with E-state index in [1.54, 1.807) is 19.1 Å². The number of rotatable bonds is 9. The summed E-state index contributed by atoms with van der Waals surface area (Å²) in [7, 11) is 0. The van der Waals surface area contributed by atoms with Gasteiger partial charge < -0.3 is 14.6 Å². The number of benzene rings is 2.